The van der Waals surface area contributed by atoms with E-state index in [0.717, 1.165) is 139 Å². The van der Waals surface area contributed by atoms with Crippen LogP contribution in [0, 0.1) is 29.3 Å². The molecule has 18 heteroatoms. The molecule has 3 fully saturated rings. The number of piperidine rings is 3. The number of likely N-dealkylation sites (tertiary alicyclic amines) is 2. The Morgan fingerprint density at radius 3 is 1.07 bits per heavy atom. The van der Waals surface area contributed by atoms with Crippen molar-refractivity contribution < 1.29 is 46.4 Å². The minimum absolute atomic E-state index is 0.218. The molecule has 0 unspecified atom stereocenters. The molecule has 12 rings (SSSR count). The molecule has 0 saturated carbocycles. The van der Waals surface area contributed by atoms with Crippen LogP contribution >= 0.6 is 15.9 Å². The molecule has 2 amide bonds. The van der Waals surface area contributed by atoms with Crippen molar-refractivity contribution in [3.63, 3.8) is 0 Å². The van der Waals surface area contributed by atoms with Gasteiger partial charge in [0.05, 0.1) is 17.1 Å². The molecule has 0 radical (unpaired) electrons. The predicted octanol–water partition coefficient (Wildman–Crippen LogP) is 18.9. The first-order valence-corrected chi connectivity index (χ1v) is 33.5. The Bertz CT molecular complexity index is 3870. The molecule has 0 atom stereocenters. The third kappa shape index (κ3) is 23.7. The zero-order valence-corrected chi connectivity index (χ0v) is 57.0. The number of nitrogens with one attached hydrogen (secondary N) is 1. The lowest BCUT2D eigenvalue weighted by Gasteiger charge is -2.33. The number of aromatic nitrogens is 3. The highest BCUT2D eigenvalue weighted by Gasteiger charge is 2.28. The van der Waals surface area contributed by atoms with Gasteiger partial charge in [0, 0.05) is 60.3 Å². The number of hydrogen-bond donors (Lipinski definition) is 2. The van der Waals surface area contributed by atoms with E-state index in [1.54, 1.807) is 46.2 Å². The Hall–Kier alpha value is -9.10. The molecule has 3 N–H and O–H groups in total. The first-order chi connectivity index (χ1) is 46.1. The zero-order valence-electron chi connectivity index (χ0n) is 55.4. The first kappa shape index (κ1) is 71.2. The van der Waals surface area contributed by atoms with Crippen LogP contribution in [-0.4, -0.2) is 93.5 Å². The molecule has 3 aromatic heterocycles. The Labute approximate surface area is 570 Å². The summed E-state index contributed by atoms with van der Waals surface area (Å²) in [6, 6.07) is 59.5. The molecule has 3 saturated heterocycles. The summed E-state index contributed by atoms with van der Waals surface area (Å²) in [6.07, 6.45) is 7.58. The highest BCUT2D eigenvalue weighted by molar-refractivity contribution is 9.10. The van der Waals surface area contributed by atoms with Gasteiger partial charge in [0.25, 0.3) is 0 Å². The van der Waals surface area contributed by atoms with E-state index in [-0.39, 0.29) is 35.7 Å². The molecule has 0 bridgehead atoms. The monoisotopic (exact) mass is 1370 g/mol. The number of pyridine rings is 3. The number of benzene rings is 6. The second-order valence-corrected chi connectivity index (χ2v) is 26.7. The normalized spacial score (nSPS) is 14.5. The predicted molar refractivity (Wildman–Crippen MR) is 375 cm³/mol. The molecular formula is C78H85BrF3N7O7. The van der Waals surface area contributed by atoms with Gasteiger partial charge in [-0.2, -0.15) is 0 Å². The standard InChI is InChI=1S/C28H31FN2O3.C23H23FN2O.C17H11BrFNO.C10H20N2O2/c1-28(2,3)34-27(32)31-17-15-20(16-18-31)19-23-5-4-6-26(30-23)21-7-11-24(12-8-21)33-25-13-9-22(29)10-14-25;24-19-6-10-22(11-7-19)27-21-8-4-18(5-9-21)23-3-1-2-20(26-23)16-17-12-14-25-15-13-17;18-17-3-1-2-16(20-17)12-4-8-14(9-5-12)21-15-10-6-13(19)7-11-15;1-10(2,3)14-9(13)12-6-4-8(11)5-7-12/h4-14,20H,15-19H2,1-3H3;1-11,17,25H,12-16H2;1-11H;8H,4-7,11H2,1-3H3. The fourth-order valence-electron chi connectivity index (χ4n) is 10.8. The molecule has 14 nitrogen and oxygen atoms in total. The van der Waals surface area contributed by atoms with E-state index in [9.17, 15) is 22.8 Å². The van der Waals surface area contributed by atoms with Crippen molar-refractivity contribution in [2.45, 2.75) is 110 Å². The Balaban J connectivity index is 0.000000157. The van der Waals surface area contributed by atoms with Crippen molar-refractivity contribution in [2.75, 3.05) is 39.3 Å². The van der Waals surface area contributed by atoms with Gasteiger partial charge in [-0.3, -0.25) is 9.97 Å². The minimum Gasteiger partial charge on any atom is -0.457 e. The molecule has 0 spiro atoms. The van der Waals surface area contributed by atoms with Crippen molar-refractivity contribution in [2.24, 2.45) is 17.6 Å². The maximum Gasteiger partial charge on any atom is 0.410 e. The molecule has 9 aromatic rings. The number of hydrogen-bond acceptors (Lipinski definition) is 12. The summed E-state index contributed by atoms with van der Waals surface area (Å²) in [7, 11) is 0. The highest BCUT2D eigenvalue weighted by Crippen LogP contribution is 2.31. The van der Waals surface area contributed by atoms with Crippen molar-refractivity contribution >= 4 is 28.1 Å². The lowest BCUT2D eigenvalue weighted by atomic mass is 9.92. The van der Waals surface area contributed by atoms with Gasteiger partial charge in [-0.25, -0.2) is 27.7 Å². The van der Waals surface area contributed by atoms with E-state index in [1.807, 2.05) is 151 Å². The number of carbonyl (C=O) groups excluding carboxylic acids is 2. The fourth-order valence-corrected chi connectivity index (χ4v) is 11.2. The van der Waals surface area contributed by atoms with Crippen LogP contribution in [0.1, 0.15) is 91.5 Å². The summed E-state index contributed by atoms with van der Waals surface area (Å²) < 4.78 is 67.6. The van der Waals surface area contributed by atoms with Gasteiger partial charge < -0.3 is 44.5 Å². The summed E-state index contributed by atoms with van der Waals surface area (Å²) in [6.45, 7) is 16.4. The SMILES string of the molecule is CC(C)(C)OC(=O)N1CCC(Cc2cccc(-c3ccc(Oc4ccc(F)cc4)cc3)n2)CC1.CC(C)(C)OC(=O)N1CCC(N)CC1.Fc1ccc(Oc2ccc(-c3cccc(Br)n3)cc2)cc1.Fc1ccc(Oc2ccc(-c3cccc(CC4CCNCC4)n3)cc2)cc1. The molecule has 3 aliphatic heterocycles. The van der Waals surface area contributed by atoms with Gasteiger partial charge >= 0.3 is 12.2 Å². The van der Waals surface area contributed by atoms with E-state index < -0.39 is 11.2 Å². The van der Waals surface area contributed by atoms with Crippen LogP contribution in [0.25, 0.3) is 33.8 Å². The molecule has 502 valence electrons. The van der Waals surface area contributed by atoms with Crippen molar-refractivity contribution in [1.29, 1.82) is 0 Å². The Kier molecular flexibility index (Phi) is 25.6. The summed E-state index contributed by atoms with van der Waals surface area (Å²) >= 11 is 3.36. The molecule has 0 aliphatic carbocycles. The van der Waals surface area contributed by atoms with E-state index in [2.05, 4.69) is 44.4 Å². The summed E-state index contributed by atoms with van der Waals surface area (Å²) in [4.78, 5) is 41.5. The lowest BCUT2D eigenvalue weighted by Crippen LogP contribution is -2.44. The second kappa shape index (κ2) is 34.5. The van der Waals surface area contributed by atoms with E-state index in [4.69, 9.17) is 39.4 Å². The van der Waals surface area contributed by atoms with Gasteiger partial charge in [-0.15, -0.1) is 0 Å². The summed E-state index contributed by atoms with van der Waals surface area (Å²) in [5, 5.41) is 3.41. The molecule has 96 heavy (non-hydrogen) atoms. The van der Waals surface area contributed by atoms with Crippen molar-refractivity contribution in [1.82, 2.24) is 30.1 Å². The van der Waals surface area contributed by atoms with Crippen LogP contribution in [0.15, 0.2) is 205 Å². The van der Waals surface area contributed by atoms with Crippen molar-refractivity contribution in [3.05, 3.63) is 234 Å². The molecule has 6 aromatic carbocycles. The first-order valence-electron chi connectivity index (χ1n) is 32.7. The Morgan fingerprint density at radius 2 is 0.740 bits per heavy atom. The van der Waals surface area contributed by atoms with Crippen LogP contribution in [0.5, 0.6) is 34.5 Å². The number of ether oxygens (including phenoxy) is 5. The number of amides is 2. The van der Waals surface area contributed by atoms with Gasteiger partial charge in [-0.05, 0) is 316 Å². The number of nitrogens with zero attached hydrogens (tertiary/aromatic N) is 5. The highest BCUT2D eigenvalue weighted by atomic mass is 79.9. The summed E-state index contributed by atoms with van der Waals surface area (Å²) in [5.74, 6) is 4.28. The zero-order chi connectivity index (χ0) is 68.0. The van der Waals surface area contributed by atoms with Gasteiger partial charge in [0.1, 0.15) is 67.8 Å². The average molecular weight is 1370 g/mol. The van der Waals surface area contributed by atoms with Crippen LogP contribution in [0.4, 0.5) is 22.8 Å². The largest absolute Gasteiger partial charge is 0.457 e. The molecule has 6 heterocycles. The lowest BCUT2D eigenvalue weighted by molar-refractivity contribution is 0.0180. The number of nitrogens with two attached hydrogens (primary N) is 1. The molecule has 3 aliphatic rings. The number of rotatable bonds is 13. The van der Waals surface area contributed by atoms with E-state index >= 15 is 0 Å². The fraction of sp³-hybridized carbons (Fsp3) is 0.321. The van der Waals surface area contributed by atoms with E-state index in [0.29, 0.717) is 34.7 Å². The van der Waals surface area contributed by atoms with Crippen LogP contribution in [0.3, 0.4) is 0 Å². The van der Waals surface area contributed by atoms with Gasteiger partial charge in [0.2, 0.25) is 0 Å². The maximum atomic E-state index is 13.1. The number of carbonyl (C=O) groups is 2. The third-order valence-corrected chi connectivity index (χ3v) is 16.3. The van der Waals surface area contributed by atoms with Gasteiger partial charge in [-0.1, -0.05) is 18.2 Å². The van der Waals surface area contributed by atoms with E-state index in [1.165, 1.54) is 49.2 Å². The molecular weight excluding hydrogens is 1280 g/mol. The summed E-state index contributed by atoms with van der Waals surface area (Å²) in [5.41, 5.74) is 12.9. The van der Waals surface area contributed by atoms with Crippen LogP contribution in [0.2, 0.25) is 0 Å². The smallest absolute Gasteiger partial charge is 0.410 e. The van der Waals surface area contributed by atoms with Crippen LogP contribution < -0.4 is 25.3 Å². The maximum absolute atomic E-state index is 13.1. The van der Waals surface area contributed by atoms with Crippen molar-refractivity contribution in [3.8, 4) is 68.3 Å². The second-order valence-electron chi connectivity index (χ2n) is 25.9. The average Bonchev–Trinajstić information content (AvgIpc) is 1.02. The number of halogens is 4. The van der Waals surface area contributed by atoms with Crippen LogP contribution in [-0.2, 0) is 22.3 Å². The Morgan fingerprint density at radius 1 is 0.438 bits per heavy atom. The topological polar surface area (TPSA) is 163 Å². The third-order valence-electron chi connectivity index (χ3n) is 15.8. The minimum atomic E-state index is -0.469. The van der Waals surface area contributed by atoms with Gasteiger partial charge in [0.15, 0.2) is 0 Å². The quantitative estimate of drug-likeness (QED) is 0.105.